The number of carbonyl (C=O) groups excluding carboxylic acids is 1. The number of halogens is 1. The van der Waals surface area contributed by atoms with Gasteiger partial charge in [0.25, 0.3) is 0 Å². The van der Waals surface area contributed by atoms with Crippen LogP contribution >= 0.6 is 11.6 Å². The van der Waals surface area contributed by atoms with E-state index in [1.807, 2.05) is 30.3 Å². The molecule has 0 fully saturated rings. The maximum atomic E-state index is 13.2. The molecular weight excluding hydrogens is 436 g/mol. The smallest absolute Gasteiger partial charge is 0.245 e. The molecule has 0 radical (unpaired) electrons. The molecule has 1 amide bonds. The summed E-state index contributed by atoms with van der Waals surface area (Å²) in [6.07, 6.45) is 0.174. The Balaban J connectivity index is 1.91. The van der Waals surface area contributed by atoms with E-state index < -0.39 is 22.0 Å². The molecule has 3 aromatic rings. The Morgan fingerprint density at radius 1 is 1.03 bits per heavy atom. The van der Waals surface area contributed by atoms with Gasteiger partial charge in [0.05, 0.1) is 7.11 Å². The van der Waals surface area contributed by atoms with Crippen LogP contribution < -0.4 is 14.8 Å². The van der Waals surface area contributed by atoms with Crippen molar-refractivity contribution in [2.45, 2.75) is 24.3 Å². The average Bonchev–Trinajstić information content (AvgIpc) is 2.75. The second-order valence-corrected chi connectivity index (χ2v) is 9.13. The van der Waals surface area contributed by atoms with Gasteiger partial charge in [-0.3, -0.25) is 4.79 Å². The second kappa shape index (κ2) is 9.96. The van der Waals surface area contributed by atoms with Crippen molar-refractivity contribution in [1.29, 1.82) is 0 Å². The fraction of sp³-hybridized carbons (Fsp3) is 0.174. The molecule has 0 saturated carbocycles. The first-order valence-electron chi connectivity index (χ1n) is 9.56. The fourth-order valence-corrected chi connectivity index (χ4v) is 4.62. The zero-order chi connectivity index (χ0) is 22.4. The van der Waals surface area contributed by atoms with Crippen LogP contribution in [0.4, 0.5) is 5.69 Å². The minimum absolute atomic E-state index is 0.0210. The Bertz CT molecular complexity index is 1150. The van der Waals surface area contributed by atoms with Crippen molar-refractivity contribution in [3.8, 4) is 5.75 Å². The van der Waals surface area contributed by atoms with Crippen LogP contribution in [0, 0.1) is 6.92 Å². The van der Waals surface area contributed by atoms with Gasteiger partial charge in [-0.1, -0.05) is 48.0 Å². The van der Waals surface area contributed by atoms with E-state index in [0.717, 1.165) is 11.1 Å². The van der Waals surface area contributed by atoms with Crippen LogP contribution in [-0.4, -0.2) is 27.5 Å². The molecule has 0 heterocycles. The first-order chi connectivity index (χ1) is 14.8. The molecule has 0 aliphatic heterocycles. The van der Waals surface area contributed by atoms with Gasteiger partial charge in [0.15, 0.2) is 0 Å². The number of amides is 1. The van der Waals surface area contributed by atoms with Gasteiger partial charge in [-0.15, -0.1) is 0 Å². The number of hydrogen-bond donors (Lipinski definition) is 2. The summed E-state index contributed by atoms with van der Waals surface area (Å²) in [5.74, 6) is -0.281. The lowest BCUT2D eigenvalue weighted by atomic mass is 10.1. The summed E-state index contributed by atoms with van der Waals surface area (Å²) in [4.78, 5) is 13.0. The molecule has 162 valence electrons. The minimum Gasteiger partial charge on any atom is -0.495 e. The van der Waals surface area contributed by atoms with Crippen molar-refractivity contribution < 1.29 is 17.9 Å². The molecule has 31 heavy (non-hydrogen) atoms. The molecule has 8 heteroatoms. The number of hydrogen-bond acceptors (Lipinski definition) is 4. The lowest BCUT2D eigenvalue weighted by molar-refractivity contribution is -0.117. The number of carbonyl (C=O) groups is 1. The predicted octanol–water partition coefficient (Wildman–Crippen LogP) is 4.19. The maximum absolute atomic E-state index is 13.2. The minimum atomic E-state index is -4.05. The van der Waals surface area contributed by atoms with Crippen LogP contribution in [-0.2, 0) is 21.2 Å². The van der Waals surface area contributed by atoms with E-state index in [9.17, 15) is 13.2 Å². The molecule has 0 saturated heterocycles. The standard InChI is InChI=1S/C23H23ClN2O4S/c1-16-8-13-21(30-2)22(14-16)31(28,29)26-20(15-17-6-4-3-5-7-17)23(27)25-19-11-9-18(24)10-12-19/h3-14,20,26H,15H2,1-2H3,(H,25,27)/t20-/m0/s1. The average molecular weight is 459 g/mol. The monoisotopic (exact) mass is 458 g/mol. The Kier molecular flexibility index (Phi) is 7.33. The van der Waals surface area contributed by atoms with E-state index in [0.29, 0.717) is 10.7 Å². The van der Waals surface area contributed by atoms with E-state index in [1.165, 1.54) is 13.2 Å². The molecule has 0 aliphatic rings. The lowest BCUT2D eigenvalue weighted by Gasteiger charge is -2.20. The summed E-state index contributed by atoms with van der Waals surface area (Å²) in [6.45, 7) is 1.78. The van der Waals surface area contributed by atoms with E-state index in [1.54, 1.807) is 43.3 Å². The summed E-state index contributed by atoms with van der Waals surface area (Å²) in [7, 11) is -2.64. The topological polar surface area (TPSA) is 84.5 Å². The number of benzene rings is 3. The Morgan fingerprint density at radius 3 is 2.35 bits per heavy atom. The Morgan fingerprint density at radius 2 is 1.71 bits per heavy atom. The third kappa shape index (κ3) is 6.07. The van der Waals surface area contributed by atoms with Gasteiger partial charge in [0.2, 0.25) is 15.9 Å². The summed E-state index contributed by atoms with van der Waals surface area (Å²) in [5.41, 5.74) is 2.09. The van der Waals surface area contributed by atoms with Gasteiger partial charge >= 0.3 is 0 Å². The number of anilines is 1. The molecule has 1 atom stereocenters. The number of aryl methyl sites for hydroxylation is 1. The number of methoxy groups -OCH3 is 1. The van der Waals surface area contributed by atoms with Crippen molar-refractivity contribution >= 4 is 33.2 Å². The van der Waals surface area contributed by atoms with Crippen LogP contribution in [0.2, 0.25) is 5.02 Å². The zero-order valence-corrected chi connectivity index (χ0v) is 18.7. The fourth-order valence-electron chi connectivity index (χ4n) is 3.04. The summed E-state index contributed by atoms with van der Waals surface area (Å²) >= 11 is 5.90. The van der Waals surface area contributed by atoms with Gasteiger partial charge in [-0.2, -0.15) is 4.72 Å². The highest BCUT2D eigenvalue weighted by atomic mass is 35.5. The van der Waals surface area contributed by atoms with Crippen LogP contribution in [0.3, 0.4) is 0 Å². The van der Waals surface area contributed by atoms with E-state index in [2.05, 4.69) is 10.0 Å². The number of rotatable bonds is 8. The molecule has 0 spiro atoms. The van der Waals surface area contributed by atoms with Gasteiger partial charge < -0.3 is 10.1 Å². The third-order valence-electron chi connectivity index (χ3n) is 4.62. The molecular formula is C23H23ClN2O4S. The van der Waals surface area contributed by atoms with Gasteiger partial charge in [-0.25, -0.2) is 8.42 Å². The summed E-state index contributed by atoms with van der Waals surface area (Å²) in [5, 5.41) is 3.28. The second-order valence-electron chi connectivity index (χ2n) is 7.01. The first kappa shape index (κ1) is 22.8. The van der Waals surface area contributed by atoms with Crippen molar-refractivity contribution in [2.75, 3.05) is 12.4 Å². The van der Waals surface area contributed by atoms with Crippen molar-refractivity contribution in [3.63, 3.8) is 0 Å². The molecule has 0 aliphatic carbocycles. The lowest BCUT2D eigenvalue weighted by Crippen LogP contribution is -2.45. The van der Waals surface area contributed by atoms with Crippen molar-refractivity contribution in [1.82, 2.24) is 4.72 Å². The molecule has 0 bridgehead atoms. The SMILES string of the molecule is COc1ccc(C)cc1S(=O)(=O)N[C@@H](Cc1ccccc1)C(=O)Nc1ccc(Cl)cc1. The van der Waals surface area contributed by atoms with Gasteiger partial charge in [0, 0.05) is 10.7 Å². The largest absolute Gasteiger partial charge is 0.495 e. The van der Waals surface area contributed by atoms with Crippen LogP contribution in [0.1, 0.15) is 11.1 Å². The highest BCUT2D eigenvalue weighted by Gasteiger charge is 2.28. The number of ether oxygens (including phenoxy) is 1. The highest BCUT2D eigenvalue weighted by molar-refractivity contribution is 7.89. The quantitative estimate of drug-likeness (QED) is 0.530. The van der Waals surface area contributed by atoms with E-state index >= 15 is 0 Å². The highest BCUT2D eigenvalue weighted by Crippen LogP contribution is 2.25. The Hall–Kier alpha value is -2.87. The molecule has 0 aromatic heterocycles. The van der Waals surface area contributed by atoms with E-state index in [-0.39, 0.29) is 17.1 Å². The van der Waals surface area contributed by atoms with Crippen LogP contribution in [0.25, 0.3) is 0 Å². The predicted molar refractivity (Wildman–Crippen MR) is 122 cm³/mol. The first-order valence-corrected chi connectivity index (χ1v) is 11.4. The van der Waals surface area contributed by atoms with Crippen molar-refractivity contribution in [3.05, 3.63) is 88.9 Å². The van der Waals surface area contributed by atoms with Gasteiger partial charge in [0.1, 0.15) is 16.7 Å². The van der Waals surface area contributed by atoms with Gasteiger partial charge in [-0.05, 0) is 60.9 Å². The molecule has 2 N–H and O–H groups in total. The van der Waals surface area contributed by atoms with Crippen molar-refractivity contribution in [2.24, 2.45) is 0 Å². The molecule has 6 nitrogen and oxygen atoms in total. The number of sulfonamides is 1. The number of nitrogens with one attached hydrogen (secondary N) is 2. The molecule has 0 unspecified atom stereocenters. The summed E-state index contributed by atoms with van der Waals surface area (Å²) < 4.78 is 34.1. The zero-order valence-electron chi connectivity index (χ0n) is 17.1. The summed E-state index contributed by atoms with van der Waals surface area (Å²) in [6, 6.07) is 19.6. The normalized spacial score (nSPS) is 12.2. The van der Waals surface area contributed by atoms with Crippen LogP contribution in [0.15, 0.2) is 77.7 Å². The van der Waals surface area contributed by atoms with Crippen LogP contribution in [0.5, 0.6) is 5.75 Å². The molecule has 3 aromatic carbocycles. The van der Waals surface area contributed by atoms with E-state index in [4.69, 9.17) is 16.3 Å². The third-order valence-corrected chi connectivity index (χ3v) is 6.36. The molecule has 3 rings (SSSR count). The maximum Gasteiger partial charge on any atom is 0.245 e. The Labute approximate surface area is 187 Å².